The fourth-order valence-corrected chi connectivity index (χ4v) is 2.29. The molecule has 0 bridgehead atoms. The van der Waals surface area contributed by atoms with Crippen molar-refractivity contribution < 1.29 is 4.79 Å². The lowest BCUT2D eigenvalue weighted by molar-refractivity contribution is -0.120. The van der Waals surface area contributed by atoms with Crippen molar-refractivity contribution in [1.82, 2.24) is 0 Å². The van der Waals surface area contributed by atoms with Gasteiger partial charge in [0.05, 0.1) is 0 Å². The van der Waals surface area contributed by atoms with Gasteiger partial charge in [0.1, 0.15) is 5.78 Å². The summed E-state index contributed by atoms with van der Waals surface area (Å²) >= 11 is 0. The Labute approximate surface area is 99.6 Å². The third-order valence-electron chi connectivity index (χ3n) is 4.23. The number of hydrogen-bond acceptors (Lipinski definition) is 1. The highest BCUT2D eigenvalue weighted by atomic mass is 16.1. The van der Waals surface area contributed by atoms with Gasteiger partial charge in [-0.05, 0) is 31.6 Å². The molecule has 0 heterocycles. The second kappa shape index (κ2) is 4.57. The van der Waals surface area contributed by atoms with Crippen molar-refractivity contribution in [3.8, 4) is 0 Å². The molecule has 0 N–H and O–H groups in total. The fourth-order valence-electron chi connectivity index (χ4n) is 2.29. The predicted octanol–water partition coefficient (Wildman–Crippen LogP) is 4.15. The minimum Gasteiger partial charge on any atom is -0.300 e. The average Bonchev–Trinajstić information content (AvgIpc) is 2.18. The van der Waals surface area contributed by atoms with E-state index in [0.29, 0.717) is 11.7 Å². The number of carbonyl (C=O) groups excluding carboxylic acids is 1. The summed E-state index contributed by atoms with van der Waals surface area (Å²) in [6.45, 7) is 12.7. The summed E-state index contributed by atoms with van der Waals surface area (Å²) in [4.78, 5) is 11.4. The maximum Gasteiger partial charge on any atom is 0.132 e. The maximum atomic E-state index is 11.4. The van der Waals surface area contributed by atoms with E-state index in [0.717, 1.165) is 6.42 Å². The van der Waals surface area contributed by atoms with Crippen LogP contribution in [0.3, 0.4) is 0 Å². The average molecular weight is 220 g/mol. The highest BCUT2D eigenvalue weighted by Crippen LogP contribution is 2.43. The summed E-state index contributed by atoms with van der Waals surface area (Å²) in [5.41, 5.74) is 2.98. The zero-order valence-electron chi connectivity index (χ0n) is 11.4. The number of Topliss-reactive ketones (excluding diaryl/α,β-unsaturated/α-hetero) is 1. The van der Waals surface area contributed by atoms with Gasteiger partial charge >= 0.3 is 0 Å². The molecule has 0 amide bonds. The van der Waals surface area contributed by atoms with Gasteiger partial charge in [-0.15, -0.1) is 0 Å². The minimum atomic E-state index is 0.142. The molecule has 0 spiro atoms. The Morgan fingerprint density at radius 2 is 2.06 bits per heavy atom. The van der Waals surface area contributed by atoms with Gasteiger partial charge in [-0.25, -0.2) is 0 Å². The normalized spacial score (nSPS) is 25.8. The van der Waals surface area contributed by atoms with Crippen molar-refractivity contribution in [1.29, 1.82) is 0 Å². The molecule has 0 saturated carbocycles. The van der Waals surface area contributed by atoms with Gasteiger partial charge in [0.25, 0.3) is 0 Å². The van der Waals surface area contributed by atoms with Crippen LogP contribution in [0.1, 0.15) is 48.0 Å². The fraction of sp³-hybridized carbons (Fsp3) is 0.667. The first-order valence-corrected chi connectivity index (χ1v) is 6.15. The molecular weight excluding hydrogens is 196 g/mol. The van der Waals surface area contributed by atoms with E-state index in [-0.39, 0.29) is 11.3 Å². The summed E-state index contributed by atoms with van der Waals surface area (Å²) in [6, 6.07) is 0. The van der Waals surface area contributed by atoms with E-state index in [4.69, 9.17) is 0 Å². The Bertz CT molecular complexity index is 344. The molecule has 1 nitrogen and oxygen atoms in total. The molecule has 1 rings (SSSR count). The van der Waals surface area contributed by atoms with Gasteiger partial charge in [-0.1, -0.05) is 51.0 Å². The van der Waals surface area contributed by atoms with Gasteiger partial charge in [0.15, 0.2) is 0 Å². The summed E-state index contributed by atoms with van der Waals surface area (Å²) in [7, 11) is 0. The Morgan fingerprint density at radius 1 is 1.50 bits per heavy atom. The summed E-state index contributed by atoms with van der Waals surface area (Å²) < 4.78 is 0. The number of carbonyl (C=O) groups is 1. The maximum absolute atomic E-state index is 11.4. The van der Waals surface area contributed by atoms with Crippen molar-refractivity contribution in [2.24, 2.45) is 17.3 Å². The van der Waals surface area contributed by atoms with Gasteiger partial charge in [-0.3, -0.25) is 4.79 Å². The first-order valence-electron chi connectivity index (χ1n) is 6.15. The molecule has 0 radical (unpaired) electrons. The molecular formula is C15H24O. The number of rotatable bonds is 3. The van der Waals surface area contributed by atoms with E-state index >= 15 is 0 Å². The Balaban J connectivity index is 2.99. The van der Waals surface area contributed by atoms with Crippen LogP contribution in [0.4, 0.5) is 0 Å². The SMILES string of the molecule is CC(=O)[C@H](C)CC1=C(C)C=CC(C)C1(C)C. The molecule has 0 aromatic rings. The quantitative estimate of drug-likeness (QED) is 0.698. The highest BCUT2D eigenvalue weighted by molar-refractivity contribution is 5.78. The molecule has 16 heavy (non-hydrogen) atoms. The van der Waals surface area contributed by atoms with Gasteiger partial charge in [0.2, 0.25) is 0 Å². The topological polar surface area (TPSA) is 17.1 Å². The van der Waals surface area contributed by atoms with E-state index in [2.05, 4.69) is 39.8 Å². The number of allylic oxidation sites excluding steroid dienone is 4. The van der Waals surface area contributed by atoms with Crippen LogP contribution in [0, 0.1) is 17.3 Å². The summed E-state index contributed by atoms with van der Waals surface area (Å²) in [6.07, 6.45) is 5.39. The minimum absolute atomic E-state index is 0.142. The Kier molecular flexibility index (Phi) is 3.77. The lowest BCUT2D eigenvalue weighted by Crippen LogP contribution is -2.28. The second-order valence-corrected chi connectivity index (χ2v) is 5.75. The molecule has 90 valence electrons. The van der Waals surface area contributed by atoms with Crippen LogP contribution in [0.25, 0.3) is 0 Å². The molecule has 0 saturated heterocycles. The van der Waals surface area contributed by atoms with Crippen LogP contribution in [0.15, 0.2) is 23.3 Å². The molecule has 2 atom stereocenters. The number of ketones is 1. The monoisotopic (exact) mass is 220 g/mol. The van der Waals surface area contributed by atoms with Crippen LogP contribution < -0.4 is 0 Å². The van der Waals surface area contributed by atoms with Gasteiger partial charge in [-0.2, -0.15) is 0 Å². The van der Waals surface area contributed by atoms with Crippen molar-refractivity contribution in [2.45, 2.75) is 48.0 Å². The molecule has 0 aliphatic heterocycles. The third kappa shape index (κ3) is 2.45. The lowest BCUT2D eigenvalue weighted by atomic mass is 9.67. The largest absolute Gasteiger partial charge is 0.300 e. The van der Waals surface area contributed by atoms with E-state index in [1.165, 1.54) is 11.1 Å². The molecule has 0 aromatic heterocycles. The van der Waals surface area contributed by atoms with Crippen molar-refractivity contribution in [3.63, 3.8) is 0 Å². The van der Waals surface area contributed by atoms with Crippen LogP contribution in [0.2, 0.25) is 0 Å². The second-order valence-electron chi connectivity index (χ2n) is 5.75. The van der Waals surface area contributed by atoms with Crippen LogP contribution in [-0.4, -0.2) is 5.78 Å². The summed E-state index contributed by atoms with van der Waals surface area (Å²) in [5.74, 6) is 0.978. The first-order chi connectivity index (χ1) is 7.26. The molecule has 1 aliphatic rings. The molecule has 0 aromatic carbocycles. The van der Waals surface area contributed by atoms with Gasteiger partial charge in [0, 0.05) is 5.92 Å². The lowest BCUT2D eigenvalue weighted by Gasteiger charge is -2.38. The van der Waals surface area contributed by atoms with Gasteiger partial charge < -0.3 is 0 Å². The number of hydrogen-bond donors (Lipinski definition) is 0. The highest BCUT2D eigenvalue weighted by Gasteiger charge is 2.33. The van der Waals surface area contributed by atoms with Crippen molar-refractivity contribution >= 4 is 5.78 Å². The predicted molar refractivity (Wildman–Crippen MR) is 69.2 cm³/mol. The van der Waals surface area contributed by atoms with E-state index < -0.39 is 0 Å². The standard InChI is InChI=1S/C15H24O/c1-10-7-8-12(3)15(5,6)14(10)9-11(2)13(4)16/h7-8,11-12H,9H2,1-6H3/t11-,12?/m1/s1. The van der Waals surface area contributed by atoms with Crippen molar-refractivity contribution in [3.05, 3.63) is 23.3 Å². The smallest absolute Gasteiger partial charge is 0.132 e. The zero-order valence-corrected chi connectivity index (χ0v) is 11.4. The van der Waals surface area contributed by atoms with Crippen molar-refractivity contribution in [2.75, 3.05) is 0 Å². The molecule has 1 aliphatic carbocycles. The van der Waals surface area contributed by atoms with Crippen LogP contribution >= 0.6 is 0 Å². The van der Waals surface area contributed by atoms with E-state index in [1.54, 1.807) is 6.92 Å². The van der Waals surface area contributed by atoms with Crippen LogP contribution in [0.5, 0.6) is 0 Å². The first kappa shape index (κ1) is 13.2. The molecule has 1 heteroatoms. The zero-order chi connectivity index (χ0) is 12.5. The van der Waals surface area contributed by atoms with E-state index in [1.807, 2.05) is 6.92 Å². The molecule has 1 unspecified atom stereocenters. The Morgan fingerprint density at radius 3 is 2.56 bits per heavy atom. The Hall–Kier alpha value is -0.850. The molecule has 0 fully saturated rings. The summed E-state index contributed by atoms with van der Waals surface area (Å²) in [5, 5.41) is 0. The van der Waals surface area contributed by atoms with Crippen LogP contribution in [-0.2, 0) is 4.79 Å². The van der Waals surface area contributed by atoms with E-state index in [9.17, 15) is 4.79 Å². The third-order valence-corrected chi connectivity index (χ3v) is 4.23.